The maximum Gasteiger partial charge on any atom is 0.185 e. The number of aromatic nitrogens is 2. The van der Waals surface area contributed by atoms with Crippen molar-refractivity contribution >= 4 is 42.7 Å². The van der Waals surface area contributed by atoms with Gasteiger partial charge in [0.1, 0.15) is 0 Å². The Morgan fingerprint density at radius 3 is 3.21 bits per heavy atom. The van der Waals surface area contributed by atoms with Gasteiger partial charge in [0.25, 0.3) is 0 Å². The Morgan fingerprint density at radius 2 is 2.43 bits per heavy atom. The van der Waals surface area contributed by atoms with E-state index in [-0.39, 0.29) is 6.61 Å². The molecule has 0 spiro atoms. The number of anilines is 1. The van der Waals surface area contributed by atoms with E-state index in [4.69, 9.17) is 5.11 Å². The van der Waals surface area contributed by atoms with E-state index in [1.807, 2.05) is 6.07 Å². The molecule has 6 heteroatoms. The van der Waals surface area contributed by atoms with Crippen molar-refractivity contribution in [2.45, 2.75) is 0 Å². The molecule has 0 radical (unpaired) electrons. The molecule has 4 nitrogen and oxygen atoms in total. The van der Waals surface area contributed by atoms with E-state index in [0.29, 0.717) is 6.54 Å². The Kier molecular flexibility index (Phi) is 2.95. The van der Waals surface area contributed by atoms with E-state index in [9.17, 15) is 0 Å². The monoisotopic (exact) mass is 273 g/mol. The van der Waals surface area contributed by atoms with E-state index in [0.717, 1.165) is 20.0 Å². The predicted octanol–water partition coefficient (Wildman–Crippen LogP) is 1.86. The maximum absolute atomic E-state index is 8.64. The first kappa shape index (κ1) is 9.82. The lowest BCUT2D eigenvalue weighted by atomic mass is 10.5. The molecule has 0 aromatic carbocycles. The number of thiazole rings is 1. The second-order valence-electron chi connectivity index (χ2n) is 2.64. The van der Waals surface area contributed by atoms with E-state index < -0.39 is 0 Å². The highest BCUT2D eigenvalue weighted by Gasteiger charge is 2.03. The number of aliphatic hydroxyl groups is 1. The molecular weight excluding hydrogens is 266 g/mol. The first-order chi connectivity index (χ1) is 6.79. The summed E-state index contributed by atoms with van der Waals surface area (Å²) in [5.41, 5.74) is 0.735. The van der Waals surface area contributed by atoms with Gasteiger partial charge in [-0.1, -0.05) is 11.3 Å². The van der Waals surface area contributed by atoms with Crippen LogP contribution in [0.2, 0.25) is 0 Å². The number of hydrogen-bond donors (Lipinski definition) is 2. The lowest BCUT2D eigenvalue weighted by Gasteiger charge is -1.95. The van der Waals surface area contributed by atoms with Crippen LogP contribution < -0.4 is 5.32 Å². The van der Waals surface area contributed by atoms with E-state index in [1.165, 1.54) is 11.3 Å². The van der Waals surface area contributed by atoms with Crippen LogP contribution >= 0.6 is 27.3 Å². The molecule has 0 aliphatic rings. The Balaban J connectivity index is 2.32. The molecule has 0 aliphatic heterocycles. The van der Waals surface area contributed by atoms with Crippen LogP contribution in [0.25, 0.3) is 10.3 Å². The number of rotatable bonds is 3. The molecular formula is C8H8BrN3OS. The summed E-state index contributed by atoms with van der Waals surface area (Å²) >= 11 is 4.88. The molecule has 0 saturated carbocycles. The molecule has 0 amide bonds. The summed E-state index contributed by atoms with van der Waals surface area (Å²) in [6, 6.07) is 1.98. The molecule has 2 rings (SSSR count). The van der Waals surface area contributed by atoms with Crippen LogP contribution in [0, 0.1) is 0 Å². The van der Waals surface area contributed by atoms with Gasteiger partial charge in [-0.25, -0.2) is 9.97 Å². The van der Waals surface area contributed by atoms with Crippen molar-refractivity contribution < 1.29 is 5.11 Å². The van der Waals surface area contributed by atoms with Crippen LogP contribution in [0.1, 0.15) is 0 Å². The van der Waals surface area contributed by atoms with Crippen molar-refractivity contribution in [2.24, 2.45) is 0 Å². The fourth-order valence-electron chi connectivity index (χ4n) is 1.03. The molecule has 0 saturated heterocycles. The van der Waals surface area contributed by atoms with Gasteiger partial charge in [0.15, 0.2) is 10.8 Å². The standard InChI is InChI=1S/C8H8BrN3OS/c9-5-3-6-7(11-4-5)12-8(14-6)10-1-2-13/h3-4,13H,1-2H2,(H,10,11,12). The lowest BCUT2D eigenvalue weighted by Crippen LogP contribution is -2.04. The number of hydrogen-bond acceptors (Lipinski definition) is 5. The van der Waals surface area contributed by atoms with E-state index in [2.05, 4.69) is 31.2 Å². The fourth-order valence-corrected chi connectivity index (χ4v) is 2.41. The second-order valence-corrected chi connectivity index (χ2v) is 4.59. The normalized spacial score (nSPS) is 10.7. The summed E-state index contributed by atoms with van der Waals surface area (Å²) in [7, 11) is 0. The van der Waals surface area contributed by atoms with E-state index >= 15 is 0 Å². The van der Waals surface area contributed by atoms with Gasteiger partial charge in [-0.05, 0) is 22.0 Å². The van der Waals surface area contributed by atoms with Gasteiger partial charge in [0.2, 0.25) is 0 Å². The SMILES string of the molecule is OCCNc1nc2ncc(Br)cc2s1. The van der Waals surface area contributed by atoms with Crippen LogP contribution in [0.5, 0.6) is 0 Å². The zero-order valence-electron chi connectivity index (χ0n) is 7.20. The largest absolute Gasteiger partial charge is 0.395 e. The van der Waals surface area contributed by atoms with E-state index in [1.54, 1.807) is 6.20 Å². The molecule has 0 fully saturated rings. The molecule has 14 heavy (non-hydrogen) atoms. The smallest absolute Gasteiger partial charge is 0.185 e. The minimum atomic E-state index is 0.104. The summed E-state index contributed by atoms with van der Waals surface area (Å²) < 4.78 is 1.97. The lowest BCUT2D eigenvalue weighted by molar-refractivity contribution is 0.311. The number of halogens is 1. The van der Waals surface area contributed by atoms with Crippen LogP contribution in [0.15, 0.2) is 16.7 Å². The average molecular weight is 274 g/mol. The summed E-state index contributed by atoms with van der Waals surface area (Å²) in [4.78, 5) is 8.42. The quantitative estimate of drug-likeness (QED) is 0.897. The van der Waals surface area contributed by atoms with Crippen LogP contribution in [0.4, 0.5) is 5.13 Å². The van der Waals surface area contributed by atoms with Gasteiger partial charge < -0.3 is 10.4 Å². The Labute approximate surface area is 93.1 Å². The summed E-state index contributed by atoms with van der Waals surface area (Å²) in [6.45, 7) is 0.619. The predicted molar refractivity (Wildman–Crippen MR) is 60.7 cm³/mol. The average Bonchev–Trinajstić information content (AvgIpc) is 2.56. The summed E-state index contributed by atoms with van der Waals surface area (Å²) in [5, 5.41) is 12.4. The molecule has 74 valence electrons. The zero-order chi connectivity index (χ0) is 9.97. The molecule has 0 aliphatic carbocycles. The minimum Gasteiger partial charge on any atom is -0.395 e. The highest BCUT2D eigenvalue weighted by molar-refractivity contribution is 9.10. The van der Waals surface area contributed by atoms with Crippen molar-refractivity contribution in [3.05, 3.63) is 16.7 Å². The molecule has 0 bridgehead atoms. The van der Waals surface area contributed by atoms with Gasteiger partial charge in [0, 0.05) is 17.2 Å². The zero-order valence-corrected chi connectivity index (χ0v) is 9.60. The highest BCUT2D eigenvalue weighted by atomic mass is 79.9. The molecule has 2 N–H and O–H groups in total. The van der Waals surface area contributed by atoms with Crippen molar-refractivity contribution in [1.82, 2.24) is 9.97 Å². The molecule has 2 aromatic heterocycles. The van der Waals surface area contributed by atoms with Crippen LogP contribution in [-0.2, 0) is 0 Å². The van der Waals surface area contributed by atoms with Crippen LogP contribution in [0.3, 0.4) is 0 Å². The van der Waals surface area contributed by atoms with Gasteiger partial charge >= 0.3 is 0 Å². The summed E-state index contributed by atoms with van der Waals surface area (Å²) in [6.07, 6.45) is 1.72. The number of aliphatic hydroxyl groups excluding tert-OH is 1. The fraction of sp³-hybridized carbons (Fsp3) is 0.250. The number of nitrogens with one attached hydrogen (secondary N) is 1. The molecule has 0 unspecified atom stereocenters. The second kappa shape index (κ2) is 4.20. The van der Waals surface area contributed by atoms with Crippen molar-refractivity contribution in [2.75, 3.05) is 18.5 Å². The number of fused-ring (bicyclic) bond motifs is 1. The molecule has 2 heterocycles. The van der Waals surface area contributed by atoms with Crippen molar-refractivity contribution in [3.8, 4) is 0 Å². The summed E-state index contributed by atoms with van der Waals surface area (Å²) in [5.74, 6) is 0. The van der Waals surface area contributed by atoms with Crippen LogP contribution in [-0.4, -0.2) is 28.2 Å². The maximum atomic E-state index is 8.64. The minimum absolute atomic E-state index is 0.104. The van der Waals surface area contributed by atoms with Gasteiger partial charge in [-0.3, -0.25) is 0 Å². The highest BCUT2D eigenvalue weighted by Crippen LogP contribution is 2.26. The van der Waals surface area contributed by atoms with Crippen molar-refractivity contribution in [3.63, 3.8) is 0 Å². The first-order valence-corrected chi connectivity index (χ1v) is 5.67. The third kappa shape index (κ3) is 2.02. The van der Waals surface area contributed by atoms with Gasteiger partial charge in [-0.15, -0.1) is 0 Å². The molecule has 2 aromatic rings. The number of nitrogens with zero attached hydrogens (tertiary/aromatic N) is 2. The van der Waals surface area contributed by atoms with Crippen molar-refractivity contribution in [1.29, 1.82) is 0 Å². The number of pyridine rings is 1. The van der Waals surface area contributed by atoms with Gasteiger partial charge in [-0.2, -0.15) is 0 Å². The Bertz CT molecular complexity index is 445. The first-order valence-electron chi connectivity index (χ1n) is 4.06. The topological polar surface area (TPSA) is 58.0 Å². The third-order valence-corrected chi connectivity index (χ3v) is 2.98. The molecule has 0 atom stereocenters. The Morgan fingerprint density at radius 1 is 1.57 bits per heavy atom. The Hall–Kier alpha value is -0.720. The van der Waals surface area contributed by atoms with Gasteiger partial charge in [0.05, 0.1) is 11.3 Å². The third-order valence-electron chi connectivity index (χ3n) is 1.60.